The zero-order valence-corrected chi connectivity index (χ0v) is 19.2. The number of H-pyrrole nitrogens is 1. The van der Waals surface area contributed by atoms with Gasteiger partial charge in [-0.05, 0) is 61.1 Å². The Morgan fingerprint density at radius 1 is 1.16 bits per heavy atom. The molecule has 0 fully saturated rings. The van der Waals surface area contributed by atoms with E-state index in [1.807, 2.05) is 36.5 Å². The van der Waals surface area contributed by atoms with Crippen molar-refractivity contribution in [2.45, 2.75) is 45.8 Å². The molecule has 1 heterocycles. The van der Waals surface area contributed by atoms with Gasteiger partial charge in [-0.15, -0.1) is 0 Å². The van der Waals surface area contributed by atoms with E-state index in [1.165, 1.54) is 5.56 Å². The molecule has 0 aliphatic carbocycles. The van der Waals surface area contributed by atoms with Gasteiger partial charge in [-0.2, -0.15) is 0 Å². The lowest BCUT2D eigenvalue weighted by Crippen LogP contribution is -2.32. The molecular weight excluding hydrogens is 410 g/mol. The number of aromatic nitrogens is 1. The van der Waals surface area contributed by atoms with Crippen molar-refractivity contribution in [3.8, 4) is 0 Å². The summed E-state index contributed by atoms with van der Waals surface area (Å²) in [5.74, 6) is 0.527. The van der Waals surface area contributed by atoms with Gasteiger partial charge < -0.3 is 20.7 Å². The van der Waals surface area contributed by atoms with Crippen molar-refractivity contribution >= 4 is 28.4 Å². The molecule has 3 aromatic rings. The van der Waals surface area contributed by atoms with E-state index in [9.17, 15) is 9.90 Å². The van der Waals surface area contributed by atoms with Gasteiger partial charge in [-0.1, -0.05) is 43.6 Å². The first-order chi connectivity index (χ1) is 14.8. The van der Waals surface area contributed by atoms with Gasteiger partial charge in [0.15, 0.2) is 0 Å². The Kier molecular flexibility index (Phi) is 8.13. The Balaban J connectivity index is 1.57. The van der Waals surface area contributed by atoms with Crippen LogP contribution in [-0.4, -0.2) is 35.1 Å². The van der Waals surface area contributed by atoms with Gasteiger partial charge in [0.05, 0.1) is 6.10 Å². The molecule has 1 aromatic heterocycles. The maximum Gasteiger partial charge on any atom is 0.251 e. The summed E-state index contributed by atoms with van der Waals surface area (Å²) in [5.41, 5.74) is 3.61. The first kappa shape index (κ1) is 23.3. The van der Waals surface area contributed by atoms with Crippen molar-refractivity contribution < 1.29 is 9.90 Å². The molecule has 0 aliphatic rings. The largest absolute Gasteiger partial charge is 0.387 e. The van der Waals surface area contributed by atoms with Gasteiger partial charge in [-0.3, -0.25) is 4.79 Å². The van der Waals surface area contributed by atoms with Crippen LogP contribution in [0, 0.1) is 5.92 Å². The molecule has 3 rings (SSSR count). The maximum absolute atomic E-state index is 12.4. The van der Waals surface area contributed by atoms with Crippen molar-refractivity contribution in [1.82, 2.24) is 15.6 Å². The van der Waals surface area contributed by atoms with E-state index < -0.39 is 6.10 Å². The fourth-order valence-corrected chi connectivity index (χ4v) is 3.82. The number of amides is 1. The Morgan fingerprint density at radius 3 is 2.71 bits per heavy atom. The maximum atomic E-state index is 12.4. The number of aromatic amines is 1. The van der Waals surface area contributed by atoms with E-state index >= 15 is 0 Å². The lowest BCUT2D eigenvalue weighted by atomic mass is 10.0. The molecule has 4 N–H and O–H groups in total. The molecule has 2 aromatic carbocycles. The highest BCUT2D eigenvalue weighted by Crippen LogP contribution is 2.22. The quantitative estimate of drug-likeness (QED) is 0.363. The topological polar surface area (TPSA) is 77.2 Å². The van der Waals surface area contributed by atoms with E-state index in [1.54, 1.807) is 12.1 Å². The number of aliphatic hydroxyl groups excluding tert-OH is 1. The number of aliphatic hydroxyl groups is 1. The molecule has 1 amide bonds. The van der Waals surface area contributed by atoms with Gasteiger partial charge in [0.25, 0.3) is 5.91 Å². The zero-order valence-electron chi connectivity index (χ0n) is 18.4. The highest BCUT2D eigenvalue weighted by molar-refractivity contribution is 6.30. The second-order valence-electron chi connectivity index (χ2n) is 8.60. The third-order valence-corrected chi connectivity index (χ3v) is 5.69. The molecule has 0 saturated carbocycles. The summed E-state index contributed by atoms with van der Waals surface area (Å²) in [5, 5.41) is 18.5. The number of carbonyl (C=O) groups is 1. The fourth-order valence-electron chi connectivity index (χ4n) is 3.62. The van der Waals surface area contributed by atoms with E-state index in [0.29, 0.717) is 29.6 Å². The van der Waals surface area contributed by atoms with Crippen molar-refractivity contribution in [1.29, 1.82) is 0 Å². The predicted octanol–water partition coefficient (Wildman–Crippen LogP) is 4.85. The van der Waals surface area contributed by atoms with Gasteiger partial charge in [-0.25, -0.2) is 0 Å². The minimum absolute atomic E-state index is 0.0382. The Bertz CT molecular complexity index is 1010. The molecule has 31 heavy (non-hydrogen) atoms. The van der Waals surface area contributed by atoms with E-state index in [0.717, 1.165) is 29.3 Å². The standard InChI is InChI=1S/C25H32ClN3O2/c1-16(2)9-10-27-25(31)19-7-8-22-20(14-29-23(22)13-19)11-17(3)28-15-24(30)18-5-4-6-21(26)12-18/h4-8,12-14,16-17,24,28-30H,9-11,15H2,1-3H3,(H,27,31)/t17-,24+/m1/s1. The number of benzene rings is 2. The average molecular weight is 442 g/mol. The summed E-state index contributed by atoms with van der Waals surface area (Å²) < 4.78 is 0. The number of hydrogen-bond donors (Lipinski definition) is 4. The first-order valence-corrected chi connectivity index (χ1v) is 11.3. The molecule has 5 nitrogen and oxygen atoms in total. The van der Waals surface area contributed by atoms with Crippen LogP contribution in [-0.2, 0) is 6.42 Å². The monoisotopic (exact) mass is 441 g/mol. The third-order valence-electron chi connectivity index (χ3n) is 5.46. The van der Waals surface area contributed by atoms with Crippen molar-refractivity contribution in [2.24, 2.45) is 5.92 Å². The number of fused-ring (bicyclic) bond motifs is 1. The lowest BCUT2D eigenvalue weighted by Gasteiger charge is -2.17. The first-order valence-electron chi connectivity index (χ1n) is 10.9. The molecule has 0 aliphatic heterocycles. The molecule has 0 unspecified atom stereocenters. The second-order valence-corrected chi connectivity index (χ2v) is 9.03. The van der Waals surface area contributed by atoms with Gasteiger partial charge in [0, 0.05) is 46.8 Å². The summed E-state index contributed by atoms with van der Waals surface area (Å²) in [6.45, 7) is 7.53. The predicted molar refractivity (Wildman–Crippen MR) is 128 cm³/mol. The van der Waals surface area contributed by atoms with Crippen molar-refractivity contribution in [3.63, 3.8) is 0 Å². The Hall–Kier alpha value is -2.34. The number of hydrogen-bond acceptors (Lipinski definition) is 3. The van der Waals surface area contributed by atoms with Crippen LogP contribution in [0.15, 0.2) is 48.7 Å². The highest BCUT2D eigenvalue weighted by atomic mass is 35.5. The fraction of sp³-hybridized carbons (Fsp3) is 0.400. The van der Waals surface area contributed by atoms with Gasteiger partial charge in [0.1, 0.15) is 0 Å². The molecule has 0 saturated heterocycles. The van der Waals surface area contributed by atoms with E-state index in [4.69, 9.17) is 11.6 Å². The molecule has 0 spiro atoms. The molecule has 166 valence electrons. The Morgan fingerprint density at radius 2 is 1.97 bits per heavy atom. The van der Waals surface area contributed by atoms with Crippen LogP contribution in [0.3, 0.4) is 0 Å². The summed E-state index contributed by atoms with van der Waals surface area (Å²) in [6, 6.07) is 13.3. The number of rotatable bonds is 10. The van der Waals surface area contributed by atoms with Crippen LogP contribution < -0.4 is 10.6 Å². The Labute approximate surface area is 189 Å². The SMILES string of the molecule is CC(C)CCNC(=O)c1ccc2c(C[C@@H](C)NC[C@H](O)c3cccc(Cl)c3)c[nH]c2c1. The molecule has 6 heteroatoms. The van der Waals surface area contributed by atoms with Crippen LogP contribution in [0.2, 0.25) is 5.02 Å². The molecular formula is C25H32ClN3O2. The van der Waals surface area contributed by atoms with Crippen LogP contribution >= 0.6 is 11.6 Å². The summed E-state index contributed by atoms with van der Waals surface area (Å²) in [4.78, 5) is 15.7. The van der Waals surface area contributed by atoms with Gasteiger partial charge in [0.2, 0.25) is 0 Å². The van der Waals surface area contributed by atoms with Gasteiger partial charge >= 0.3 is 0 Å². The minimum Gasteiger partial charge on any atom is -0.387 e. The molecule has 0 bridgehead atoms. The van der Waals surface area contributed by atoms with Crippen LogP contribution in [0.1, 0.15) is 54.8 Å². The van der Waals surface area contributed by atoms with Crippen molar-refractivity contribution in [3.05, 3.63) is 70.4 Å². The lowest BCUT2D eigenvalue weighted by molar-refractivity contribution is 0.0952. The number of halogens is 1. The summed E-state index contributed by atoms with van der Waals surface area (Å²) in [6.07, 6.45) is 3.16. The second kappa shape index (κ2) is 10.8. The van der Waals surface area contributed by atoms with Crippen LogP contribution in [0.25, 0.3) is 10.9 Å². The third kappa shape index (κ3) is 6.57. The molecule has 0 radical (unpaired) electrons. The van der Waals surface area contributed by atoms with Crippen molar-refractivity contribution in [2.75, 3.05) is 13.1 Å². The number of carbonyl (C=O) groups excluding carboxylic acids is 1. The zero-order chi connectivity index (χ0) is 22.4. The van der Waals surface area contributed by atoms with E-state index in [-0.39, 0.29) is 11.9 Å². The molecule has 2 atom stereocenters. The van der Waals surface area contributed by atoms with Crippen LogP contribution in [0.4, 0.5) is 0 Å². The normalized spacial score (nSPS) is 13.5. The van der Waals surface area contributed by atoms with Crippen LogP contribution in [0.5, 0.6) is 0 Å². The number of nitrogens with one attached hydrogen (secondary N) is 3. The summed E-state index contributed by atoms with van der Waals surface area (Å²) >= 11 is 6.01. The minimum atomic E-state index is -0.610. The van der Waals surface area contributed by atoms with E-state index in [2.05, 4.69) is 36.4 Å². The smallest absolute Gasteiger partial charge is 0.251 e. The average Bonchev–Trinajstić information content (AvgIpc) is 3.13. The summed E-state index contributed by atoms with van der Waals surface area (Å²) in [7, 11) is 0. The highest BCUT2D eigenvalue weighted by Gasteiger charge is 2.13.